The molecular formula is C13H14N2O3. The normalized spacial score (nSPS) is 9.50. The highest BCUT2D eigenvalue weighted by molar-refractivity contribution is 5.48. The van der Waals surface area contributed by atoms with Gasteiger partial charge in [-0.1, -0.05) is 0 Å². The van der Waals surface area contributed by atoms with E-state index in [1.165, 1.54) is 6.07 Å². The van der Waals surface area contributed by atoms with Crippen molar-refractivity contribution in [3.8, 4) is 17.9 Å². The van der Waals surface area contributed by atoms with Crippen LogP contribution in [-0.2, 0) is 9.47 Å². The first-order valence-electron chi connectivity index (χ1n) is 5.45. The molecule has 1 aromatic rings. The molecule has 0 amide bonds. The molecule has 94 valence electrons. The molecule has 0 bridgehead atoms. The standard InChI is InChI=1S/C13H14N2O3/c1-16-4-5-17-6-7-18-13-3-2-11(9-14)8-12(13)10-15/h2-3,8H,4-7H2,1H3. The van der Waals surface area contributed by atoms with Crippen LogP contribution in [0.4, 0.5) is 0 Å². The highest BCUT2D eigenvalue weighted by atomic mass is 16.5. The molecule has 0 radical (unpaired) electrons. The number of benzene rings is 1. The van der Waals surface area contributed by atoms with Gasteiger partial charge in [0.05, 0.1) is 37.0 Å². The second-order valence-electron chi connectivity index (χ2n) is 3.39. The van der Waals surface area contributed by atoms with Crippen molar-refractivity contribution < 1.29 is 14.2 Å². The van der Waals surface area contributed by atoms with Crippen molar-refractivity contribution in [3.05, 3.63) is 29.3 Å². The summed E-state index contributed by atoms with van der Waals surface area (Å²) >= 11 is 0. The smallest absolute Gasteiger partial charge is 0.137 e. The number of rotatable bonds is 7. The van der Waals surface area contributed by atoms with E-state index in [2.05, 4.69) is 0 Å². The van der Waals surface area contributed by atoms with Crippen LogP contribution in [0.3, 0.4) is 0 Å². The lowest BCUT2D eigenvalue weighted by atomic mass is 10.1. The third-order valence-corrected chi connectivity index (χ3v) is 2.15. The lowest BCUT2D eigenvalue weighted by Crippen LogP contribution is -2.10. The van der Waals surface area contributed by atoms with Crippen molar-refractivity contribution in [2.45, 2.75) is 0 Å². The summed E-state index contributed by atoms with van der Waals surface area (Å²) in [6, 6.07) is 8.70. The first-order chi connectivity index (χ1) is 8.81. The summed E-state index contributed by atoms with van der Waals surface area (Å²) < 4.78 is 15.5. The largest absolute Gasteiger partial charge is 0.490 e. The summed E-state index contributed by atoms with van der Waals surface area (Å²) in [6.45, 7) is 1.83. The maximum absolute atomic E-state index is 8.92. The van der Waals surface area contributed by atoms with Gasteiger partial charge in [0.1, 0.15) is 18.4 Å². The molecule has 0 atom stereocenters. The molecule has 0 heterocycles. The minimum Gasteiger partial charge on any atom is -0.490 e. The van der Waals surface area contributed by atoms with Crippen LogP contribution in [0.5, 0.6) is 5.75 Å². The van der Waals surface area contributed by atoms with Crippen molar-refractivity contribution in [3.63, 3.8) is 0 Å². The fraction of sp³-hybridized carbons (Fsp3) is 0.385. The van der Waals surface area contributed by atoms with Gasteiger partial charge in [0.25, 0.3) is 0 Å². The second-order valence-corrected chi connectivity index (χ2v) is 3.39. The molecule has 1 aromatic carbocycles. The monoisotopic (exact) mass is 246 g/mol. The van der Waals surface area contributed by atoms with Gasteiger partial charge in [-0.3, -0.25) is 0 Å². The van der Waals surface area contributed by atoms with Crippen LogP contribution in [0.25, 0.3) is 0 Å². The van der Waals surface area contributed by atoms with Crippen molar-refractivity contribution in [2.24, 2.45) is 0 Å². The van der Waals surface area contributed by atoms with E-state index in [9.17, 15) is 0 Å². The van der Waals surface area contributed by atoms with Crippen LogP contribution in [0.1, 0.15) is 11.1 Å². The number of nitrogens with zero attached hydrogens (tertiary/aromatic N) is 2. The lowest BCUT2D eigenvalue weighted by Gasteiger charge is -2.08. The SMILES string of the molecule is COCCOCCOc1ccc(C#N)cc1C#N. The maximum Gasteiger partial charge on any atom is 0.137 e. The Morgan fingerprint density at radius 2 is 1.83 bits per heavy atom. The Morgan fingerprint density at radius 3 is 2.50 bits per heavy atom. The molecule has 0 N–H and O–H groups in total. The van der Waals surface area contributed by atoms with Gasteiger partial charge in [0.15, 0.2) is 0 Å². The van der Waals surface area contributed by atoms with Gasteiger partial charge in [-0.05, 0) is 18.2 Å². The zero-order chi connectivity index (χ0) is 13.2. The van der Waals surface area contributed by atoms with Crippen molar-refractivity contribution in [2.75, 3.05) is 33.5 Å². The zero-order valence-corrected chi connectivity index (χ0v) is 10.2. The molecule has 0 saturated carbocycles. The molecule has 0 aromatic heterocycles. The highest BCUT2D eigenvalue weighted by Crippen LogP contribution is 2.18. The minimum atomic E-state index is 0.351. The molecule has 0 fully saturated rings. The van der Waals surface area contributed by atoms with E-state index in [-0.39, 0.29) is 0 Å². The zero-order valence-electron chi connectivity index (χ0n) is 10.2. The van der Waals surface area contributed by atoms with Gasteiger partial charge < -0.3 is 14.2 Å². The lowest BCUT2D eigenvalue weighted by molar-refractivity contribution is 0.0544. The predicted octanol–water partition coefficient (Wildman–Crippen LogP) is 1.47. The summed E-state index contributed by atoms with van der Waals surface area (Å²) in [6.07, 6.45) is 0. The molecule has 0 aliphatic rings. The van der Waals surface area contributed by atoms with Gasteiger partial charge in [0.2, 0.25) is 0 Å². The Bertz CT molecular complexity index is 460. The highest BCUT2D eigenvalue weighted by Gasteiger charge is 2.04. The maximum atomic E-state index is 8.92. The summed E-state index contributed by atoms with van der Waals surface area (Å²) in [5.74, 6) is 0.465. The number of nitriles is 2. The Morgan fingerprint density at radius 1 is 1.06 bits per heavy atom. The second kappa shape index (κ2) is 8.08. The fourth-order valence-electron chi connectivity index (χ4n) is 1.27. The molecule has 5 heteroatoms. The number of hydrogen-bond donors (Lipinski definition) is 0. The molecular weight excluding hydrogens is 232 g/mol. The summed E-state index contributed by atoms with van der Waals surface area (Å²) in [4.78, 5) is 0. The van der Waals surface area contributed by atoms with Crippen LogP contribution < -0.4 is 4.74 Å². The summed E-state index contributed by atoms with van der Waals surface area (Å²) in [5, 5.41) is 17.6. The quantitative estimate of drug-likeness (QED) is 0.681. The van der Waals surface area contributed by atoms with Crippen molar-refractivity contribution in [1.82, 2.24) is 0 Å². The summed E-state index contributed by atoms with van der Waals surface area (Å²) in [7, 11) is 1.61. The third kappa shape index (κ3) is 4.42. The van der Waals surface area contributed by atoms with E-state index in [1.54, 1.807) is 19.2 Å². The van der Waals surface area contributed by atoms with Crippen LogP contribution in [-0.4, -0.2) is 33.5 Å². The first kappa shape index (κ1) is 14.0. The van der Waals surface area contributed by atoms with Crippen LogP contribution in [0.15, 0.2) is 18.2 Å². The van der Waals surface area contributed by atoms with Gasteiger partial charge in [-0.15, -0.1) is 0 Å². The van der Waals surface area contributed by atoms with E-state index in [0.717, 1.165) is 0 Å². The van der Waals surface area contributed by atoms with Crippen LogP contribution in [0.2, 0.25) is 0 Å². The predicted molar refractivity (Wildman–Crippen MR) is 64.1 cm³/mol. The van der Waals surface area contributed by atoms with Crippen molar-refractivity contribution >= 4 is 0 Å². The van der Waals surface area contributed by atoms with Gasteiger partial charge >= 0.3 is 0 Å². The van der Waals surface area contributed by atoms with Gasteiger partial charge in [-0.25, -0.2) is 0 Å². The van der Waals surface area contributed by atoms with E-state index in [1.807, 2.05) is 12.1 Å². The van der Waals surface area contributed by atoms with Gasteiger partial charge in [-0.2, -0.15) is 10.5 Å². The topological polar surface area (TPSA) is 75.3 Å². The molecule has 18 heavy (non-hydrogen) atoms. The Kier molecular flexibility index (Phi) is 6.27. The molecule has 0 saturated heterocycles. The molecule has 1 rings (SSSR count). The average molecular weight is 246 g/mol. The Labute approximate surface area is 106 Å². The molecule has 5 nitrogen and oxygen atoms in total. The Balaban J connectivity index is 2.43. The summed E-state index contributed by atoms with van der Waals surface area (Å²) in [5.41, 5.74) is 0.793. The fourth-order valence-corrected chi connectivity index (χ4v) is 1.27. The number of methoxy groups -OCH3 is 1. The minimum absolute atomic E-state index is 0.351. The molecule has 0 spiro atoms. The number of hydrogen-bond acceptors (Lipinski definition) is 5. The third-order valence-electron chi connectivity index (χ3n) is 2.15. The van der Waals surface area contributed by atoms with E-state index >= 15 is 0 Å². The van der Waals surface area contributed by atoms with E-state index < -0.39 is 0 Å². The molecule has 0 aliphatic heterocycles. The molecule has 0 unspecified atom stereocenters. The van der Waals surface area contributed by atoms with E-state index in [4.69, 9.17) is 24.7 Å². The van der Waals surface area contributed by atoms with Crippen LogP contribution in [0, 0.1) is 22.7 Å². The van der Waals surface area contributed by atoms with Gasteiger partial charge in [0, 0.05) is 7.11 Å². The first-order valence-corrected chi connectivity index (χ1v) is 5.45. The number of ether oxygens (including phenoxy) is 3. The van der Waals surface area contributed by atoms with Crippen LogP contribution >= 0.6 is 0 Å². The van der Waals surface area contributed by atoms with E-state index in [0.29, 0.717) is 43.3 Å². The average Bonchev–Trinajstić information content (AvgIpc) is 2.42. The van der Waals surface area contributed by atoms with Crippen molar-refractivity contribution in [1.29, 1.82) is 10.5 Å². The molecule has 0 aliphatic carbocycles. The Hall–Kier alpha value is -2.08.